The standard InChI is InChI=1S/C21H21BrN2O.C2H6/c22-11-4-1-5-12-24-20-10-3-2-8-18(20)14-19(21(24)25)17-9-6-7-16(13-17)15-23;1-2/h2-3,6-10,13,19H,1,4-5,11-12,14H2;1-2H3. The first-order chi connectivity index (χ1) is 13.2. The number of benzene rings is 2. The molecule has 142 valence electrons. The second kappa shape index (κ2) is 10.9. The summed E-state index contributed by atoms with van der Waals surface area (Å²) < 4.78 is 0. The van der Waals surface area contributed by atoms with Crippen LogP contribution >= 0.6 is 15.9 Å². The first kappa shape index (κ1) is 21.2. The Bertz CT molecular complexity index is 797. The van der Waals surface area contributed by atoms with Crippen molar-refractivity contribution >= 4 is 27.5 Å². The number of rotatable bonds is 6. The number of carbonyl (C=O) groups excluding carboxylic acids is 1. The molecule has 1 heterocycles. The molecule has 2 aromatic carbocycles. The van der Waals surface area contributed by atoms with Crippen molar-refractivity contribution in [3.05, 3.63) is 65.2 Å². The molecule has 1 unspecified atom stereocenters. The van der Waals surface area contributed by atoms with Gasteiger partial charge < -0.3 is 4.90 Å². The van der Waals surface area contributed by atoms with E-state index in [0.717, 1.165) is 42.4 Å². The average molecular weight is 427 g/mol. The molecule has 4 heteroatoms. The summed E-state index contributed by atoms with van der Waals surface area (Å²) in [6.45, 7) is 4.75. The summed E-state index contributed by atoms with van der Waals surface area (Å²) in [4.78, 5) is 15.1. The zero-order valence-corrected chi connectivity index (χ0v) is 17.7. The van der Waals surface area contributed by atoms with E-state index in [0.29, 0.717) is 12.0 Å². The second-order valence-electron chi connectivity index (χ2n) is 6.36. The van der Waals surface area contributed by atoms with E-state index in [-0.39, 0.29) is 11.8 Å². The van der Waals surface area contributed by atoms with E-state index >= 15 is 0 Å². The van der Waals surface area contributed by atoms with Crippen molar-refractivity contribution in [1.29, 1.82) is 5.26 Å². The van der Waals surface area contributed by atoms with Crippen LogP contribution in [0.2, 0.25) is 0 Å². The van der Waals surface area contributed by atoms with Gasteiger partial charge in [-0.25, -0.2) is 0 Å². The molecule has 3 nitrogen and oxygen atoms in total. The van der Waals surface area contributed by atoms with E-state index in [9.17, 15) is 4.79 Å². The molecule has 0 saturated carbocycles. The first-order valence-electron chi connectivity index (χ1n) is 9.70. The van der Waals surface area contributed by atoms with Crippen molar-refractivity contribution in [2.45, 2.75) is 45.4 Å². The highest BCUT2D eigenvalue weighted by atomic mass is 79.9. The molecular formula is C23H27BrN2O. The molecule has 0 aliphatic carbocycles. The lowest BCUT2D eigenvalue weighted by atomic mass is 9.85. The Morgan fingerprint density at radius 1 is 1.11 bits per heavy atom. The van der Waals surface area contributed by atoms with Gasteiger partial charge in [0, 0.05) is 17.6 Å². The van der Waals surface area contributed by atoms with Gasteiger partial charge in [0.05, 0.1) is 17.6 Å². The molecule has 2 aromatic rings. The minimum Gasteiger partial charge on any atom is -0.312 e. The molecular weight excluding hydrogens is 400 g/mol. The molecule has 0 bridgehead atoms. The van der Waals surface area contributed by atoms with Crippen LogP contribution in [0.4, 0.5) is 5.69 Å². The Kier molecular flexibility index (Phi) is 8.54. The average Bonchev–Trinajstić information content (AvgIpc) is 2.73. The number of alkyl halides is 1. The third-order valence-corrected chi connectivity index (χ3v) is 5.26. The fourth-order valence-electron chi connectivity index (χ4n) is 3.42. The highest BCUT2D eigenvalue weighted by Gasteiger charge is 2.33. The predicted octanol–water partition coefficient (Wildman–Crippen LogP) is 5.82. The fraction of sp³-hybridized carbons (Fsp3) is 0.391. The number of carbonyl (C=O) groups is 1. The van der Waals surface area contributed by atoms with Gasteiger partial charge in [-0.3, -0.25) is 4.79 Å². The number of nitrogens with zero attached hydrogens (tertiary/aromatic N) is 2. The third-order valence-electron chi connectivity index (χ3n) is 4.70. The zero-order chi connectivity index (χ0) is 19.6. The van der Waals surface area contributed by atoms with Crippen molar-refractivity contribution in [1.82, 2.24) is 0 Å². The van der Waals surface area contributed by atoms with Crippen LogP contribution in [-0.2, 0) is 11.2 Å². The molecule has 1 atom stereocenters. The van der Waals surface area contributed by atoms with Gasteiger partial charge in [0.2, 0.25) is 5.91 Å². The second-order valence-corrected chi connectivity index (χ2v) is 7.16. The van der Waals surface area contributed by atoms with Gasteiger partial charge in [-0.1, -0.05) is 66.5 Å². The quantitative estimate of drug-likeness (QED) is 0.431. The summed E-state index contributed by atoms with van der Waals surface area (Å²) in [5.41, 5.74) is 3.78. The van der Waals surface area contributed by atoms with Crippen LogP contribution in [0.25, 0.3) is 0 Å². The van der Waals surface area contributed by atoms with Gasteiger partial charge in [-0.05, 0) is 48.6 Å². The highest BCUT2D eigenvalue weighted by Crippen LogP contribution is 2.35. The molecule has 3 rings (SSSR count). The fourth-order valence-corrected chi connectivity index (χ4v) is 3.81. The lowest BCUT2D eigenvalue weighted by molar-refractivity contribution is -0.120. The maximum absolute atomic E-state index is 13.2. The minimum absolute atomic E-state index is 0.146. The maximum Gasteiger partial charge on any atom is 0.234 e. The van der Waals surface area contributed by atoms with Gasteiger partial charge >= 0.3 is 0 Å². The molecule has 1 amide bonds. The molecule has 0 fully saturated rings. The van der Waals surface area contributed by atoms with Crippen LogP contribution in [0.5, 0.6) is 0 Å². The Morgan fingerprint density at radius 3 is 2.63 bits per heavy atom. The van der Waals surface area contributed by atoms with Crippen LogP contribution < -0.4 is 4.90 Å². The Balaban J connectivity index is 0.00000126. The molecule has 0 N–H and O–H groups in total. The van der Waals surface area contributed by atoms with Crippen molar-refractivity contribution in [2.24, 2.45) is 0 Å². The van der Waals surface area contributed by atoms with Crippen LogP contribution in [0.3, 0.4) is 0 Å². The summed E-state index contributed by atoms with van der Waals surface area (Å²) in [5, 5.41) is 10.2. The van der Waals surface area contributed by atoms with Crippen molar-refractivity contribution in [3.63, 3.8) is 0 Å². The largest absolute Gasteiger partial charge is 0.312 e. The van der Waals surface area contributed by atoms with Gasteiger partial charge in [-0.15, -0.1) is 0 Å². The summed E-state index contributed by atoms with van der Waals surface area (Å²) >= 11 is 3.46. The molecule has 0 saturated heterocycles. The van der Waals surface area contributed by atoms with Gasteiger partial charge in [0.1, 0.15) is 0 Å². The monoisotopic (exact) mass is 426 g/mol. The molecule has 0 aromatic heterocycles. The first-order valence-corrected chi connectivity index (χ1v) is 10.8. The lowest BCUT2D eigenvalue weighted by Crippen LogP contribution is -2.40. The number of anilines is 1. The van der Waals surface area contributed by atoms with E-state index in [1.165, 1.54) is 5.56 Å². The molecule has 1 aliphatic heterocycles. The number of hydrogen-bond acceptors (Lipinski definition) is 2. The highest BCUT2D eigenvalue weighted by molar-refractivity contribution is 9.09. The third kappa shape index (κ3) is 5.20. The van der Waals surface area contributed by atoms with Gasteiger partial charge in [0.25, 0.3) is 0 Å². The Labute approximate surface area is 171 Å². The van der Waals surface area contributed by atoms with Crippen LogP contribution in [0, 0.1) is 11.3 Å². The summed E-state index contributed by atoms with van der Waals surface area (Å²) in [7, 11) is 0. The topological polar surface area (TPSA) is 44.1 Å². The van der Waals surface area contributed by atoms with E-state index in [4.69, 9.17) is 5.26 Å². The number of nitriles is 1. The molecule has 1 aliphatic rings. The van der Waals surface area contributed by atoms with Crippen LogP contribution in [-0.4, -0.2) is 17.8 Å². The number of para-hydroxylation sites is 1. The van der Waals surface area contributed by atoms with E-state index in [2.05, 4.69) is 28.1 Å². The number of halogens is 1. The van der Waals surface area contributed by atoms with Crippen molar-refractivity contribution < 1.29 is 4.79 Å². The molecule has 0 radical (unpaired) electrons. The van der Waals surface area contributed by atoms with E-state index in [1.807, 2.05) is 55.1 Å². The van der Waals surface area contributed by atoms with Crippen molar-refractivity contribution in [3.8, 4) is 6.07 Å². The van der Waals surface area contributed by atoms with Crippen LogP contribution in [0.1, 0.15) is 55.7 Å². The minimum atomic E-state index is -0.209. The van der Waals surface area contributed by atoms with Gasteiger partial charge in [0.15, 0.2) is 0 Å². The van der Waals surface area contributed by atoms with E-state index < -0.39 is 0 Å². The SMILES string of the molecule is CC.N#Cc1cccc(C2Cc3ccccc3N(CCCCCBr)C2=O)c1. The summed E-state index contributed by atoms with van der Waals surface area (Å²) in [6, 6.07) is 17.8. The summed E-state index contributed by atoms with van der Waals surface area (Å²) in [5.74, 6) is -0.0630. The number of hydrogen-bond donors (Lipinski definition) is 0. The predicted molar refractivity (Wildman–Crippen MR) is 115 cm³/mol. The lowest BCUT2D eigenvalue weighted by Gasteiger charge is -2.34. The number of fused-ring (bicyclic) bond motifs is 1. The van der Waals surface area contributed by atoms with Crippen molar-refractivity contribution in [2.75, 3.05) is 16.8 Å². The maximum atomic E-state index is 13.2. The van der Waals surface area contributed by atoms with Crippen LogP contribution in [0.15, 0.2) is 48.5 Å². The normalized spacial score (nSPS) is 15.4. The Morgan fingerprint density at radius 2 is 1.89 bits per heavy atom. The zero-order valence-electron chi connectivity index (χ0n) is 16.1. The number of amides is 1. The number of unbranched alkanes of at least 4 members (excludes halogenated alkanes) is 2. The molecule has 0 spiro atoms. The Hall–Kier alpha value is -2.12. The molecule has 27 heavy (non-hydrogen) atoms. The smallest absolute Gasteiger partial charge is 0.234 e. The van der Waals surface area contributed by atoms with Gasteiger partial charge in [-0.2, -0.15) is 5.26 Å². The van der Waals surface area contributed by atoms with E-state index in [1.54, 1.807) is 6.07 Å². The summed E-state index contributed by atoms with van der Waals surface area (Å²) in [6.07, 6.45) is 3.92.